The first-order valence-corrected chi connectivity index (χ1v) is 1.70. The van der Waals surface area contributed by atoms with E-state index in [4.69, 9.17) is 46.0 Å². The number of hydrogen-bond acceptors (Lipinski definition) is 6. The Kier molecular flexibility index (Phi) is 47.8. The molecule has 0 bridgehead atoms. The van der Waals surface area contributed by atoms with E-state index >= 15 is 0 Å². The molecule has 0 aliphatic rings. The third-order valence-corrected chi connectivity index (χ3v) is 0. The van der Waals surface area contributed by atoms with E-state index in [9.17, 15) is 0 Å². The van der Waals surface area contributed by atoms with Crippen molar-refractivity contribution in [1.82, 2.24) is 0 Å². The summed E-state index contributed by atoms with van der Waals surface area (Å²) in [7, 11) is 0. The molecule has 0 saturated heterocycles. The van der Waals surface area contributed by atoms with Crippen molar-refractivity contribution in [3.05, 3.63) is 30.3 Å². The van der Waals surface area contributed by atoms with Gasteiger partial charge in [-0.2, -0.15) is 0 Å². The summed E-state index contributed by atoms with van der Waals surface area (Å²) in [5.74, 6) is 0. The van der Waals surface area contributed by atoms with Gasteiger partial charge in [0, 0.05) is 0 Å². The summed E-state index contributed by atoms with van der Waals surface area (Å²) < 4.78 is 0. The molecule has 0 aliphatic carbocycles. The van der Waals surface area contributed by atoms with Crippen LogP contribution in [0.4, 0.5) is 0 Å². The van der Waals surface area contributed by atoms with E-state index in [1.165, 1.54) is 0 Å². The van der Waals surface area contributed by atoms with E-state index in [-0.39, 0.29) is 60.8 Å². The van der Waals surface area contributed by atoms with E-state index in [1.807, 2.05) is 0 Å². The molecule has 0 rings (SSSR count). The monoisotopic (exact) mass is 257 g/mol. The minimum atomic E-state index is -1.50. The van der Waals surface area contributed by atoms with Gasteiger partial charge in [-0.05, 0) is 0 Å². The molecule has 0 spiro atoms. The first-order valence-electron chi connectivity index (χ1n) is 1.70. The van der Waals surface area contributed by atoms with Gasteiger partial charge in [-0.15, -0.1) is 30.3 Å². The Morgan fingerprint density at radius 3 is 0.714 bits per heavy atom. The van der Waals surface area contributed by atoms with Gasteiger partial charge in [-0.3, -0.25) is 0 Å². The Morgan fingerprint density at radius 2 is 0.714 bits per heavy atom. The van der Waals surface area contributed by atoms with Crippen LogP contribution in [0.5, 0.6) is 0 Å². The van der Waals surface area contributed by atoms with Gasteiger partial charge in [-0.1, -0.05) is 0 Å². The van der Waals surface area contributed by atoms with Crippen LogP contribution in [0, 0.1) is 30.3 Å². The molecule has 0 fully saturated rings. The topological polar surface area (TPSA) is 190 Å². The molecule has 0 aromatic rings. The predicted octanol–water partition coefficient (Wildman–Crippen LogP) is -2.88. The maximum Gasteiger partial charge on any atom is 0.316 e. The zero-order valence-corrected chi connectivity index (χ0v) is 5.13. The molecule has 80 valence electrons. The van der Waals surface area contributed by atoms with E-state index < -0.39 is 15.3 Å². The molecule has 0 aromatic heterocycles. The molecule has 0 unspecified atom stereocenters. The minimum absolute atomic E-state index is 0. The first kappa shape index (κ1) is 29.2. The molecule has 0 radical (unpaired) electrons. The molecular formula is H7CaMgN3O9. The van der Waals surface area contributed by atoms with Gasteiger partial charge in [0.2, 0.25) is 0 Å². The summed E-state index contributed by atoms with van der Waals surface area (Å²) in [5, 5.41) is 40.9. The summed E-state index contributed by atoms with van der Waals surface area (Å²) in [6.45, 7) is 0. The standard InChI is InChI=1S/Ca.Mg.3HNO3.4H/c;;3*2-1(3)4;;;;/h;;3*(H,2,3,4);;;;. The van der Waals surface area contributed by atoms with Gasteiger partial charge >= 0.3 is 60.8 Å². The van der Waals surface area contributed by atoms with Crippen LogP contribution >= 0.6 is 0 Å². The van der Waals surface area contributed by atoms with Crippen LogP contribution in [-0.4, -0.2) is 91.7 Å². The molecule has 0 atom stereocenters. The average Bonchev–Trinajstić information content (AvgIpc) is 1.54. The summed E-state index contributed by atoms with van der Waals surface area (Å²) in [6, 6.07) is 0. The maximum atomic E-state index is 8.36. The van der Waals surface area contributed by atoms with Crippen molar-refractivity contribution >= 4 is 60.8 Å². The molecule has 0 amide bonds. The number of rotatable bonds is 0. The van der Waals surface area contributed by atoms with Crippen molar-refractivity contribution in [2.45, 2.75) is 0 Å². The fourth-order valence-electron chi connectivity index (χ4n) is 0. The normalized spacial score (nSPS) is 5.14. The third kappa shape index (κ3) is 9380. The SMILES string of the molecule is O=[N+]([O-])O.O=[N+]([O-])O.O=[N+]([O-])O.[CaH2].[MgH2]. The van der Waals surface area contributed by atoms with Crippen LogP contribution in [0.15, 0.2) is 0 Å². The number of hydrogen-bond donors (Lipinski definition) is 3. The van der Waals surface area contributed by atoms with E-state index in [1.54, 1.807) is 0 Å². The van der Waals surface area contributed by atoms with E-state index in [0.717, 1.165) is 0 Å². The Labute approximate surface area is 121 Å². The Balaban J connectivity index is -0.0000000270. The van der Waals surface area contributed by atoms with E-state index in [2.05, 4.69) is 0 Å². The van der Waals surface area contributed by atoms with Gasteiger partial charge in [0.25, 0.3) is 15.3 Å². The molecule has 12 nitrogen and oxygen atoms in total. The quantitative estimate of drug-likeness (QED) is 0.232. The van der Waals surface area contributed by atoms with Gasteiger partial charge in [0.15, 0.2) is 0 Å². The van der Waals surface area contributed by atoms with Crippen molar-refractivity contribution in [3.63, 3.8) is 0 Å². The Bertz CT molecular complexity index is 118. The van der Waals surface area contributed by atoms with Crippen LogP contribution < -0.4 is 0 Å². The minimum Gasteiger partial charge on any atom is 0.316 e. The largest absolute Gasteiger partial charge is 0.316 e. The molecule has 0 saturated carbocycles. The van der Waals surface area contributed by atoms with Crippen LogP contribution in [0.2, 0.25) is 0 Å². The molecule has 14 heavy (non-hydrogen) atoms. The molecule has 0 aromatic carbocycles. The van der Waals surface area contributed by atoms with Gasteiger partial charge < -0.3 is 15.6 Å². The van der Waals surface area contributed by atoms with E-state index in [0.29, 0.717) is 0 Å². The fourth-order valence-corrected chi connectivity index (χ4v) is 0. The Hall–Kier alpha value is -0.374. The first-order chi connectivity index (χ1) is 5.20. The van der Waals surface area contributed by atoms with Crippen LogP contribution in [0.25, 0.3) is 0 Å². The van der Waals surface area contributed by atoms with Crippen molar-refractivity contribution in [2.24, 2.45) is 0 Å². The summed E-state index contributed by atoms with van der Waals surface area (Å²) >= 11 is 0. The molecule has 0 aliphatic heterocycles. The zero-order valence-electron chi connectivity index (χ0n) is 5.13. The van der Waals surface area contributed by atoms with Crippen molar-refractivity contribution in [1.29, 1.82) is 0 Å². The summed E-state index contributed by atoms with van der Waals surface area (Å²) in [5.41, 5.74) is 0. The third-order valence-electron chi connectivity index (χ3n) is 0. The second-order valence-corrected chi connectivity index (χ2v) is 0.714. The molecule has 0 heterocycles. The number of nitrogens with zero attached hydrogens (tertiary/aromatic N) is 3. The van der Waals surface area contributed by atoms with Crippen LogP contribution in [-0.2, 0) is 0 Å². The van der Waals surface area contributed by atoms with Crippen molar-refractivity contribution < 1.29 is 30.9 Å². The second-order valence-electron chi connectivity index (χ2n) is 0.714. The van der Waals surface area contributed by atoms with Gasteiger partial charge in [0.1, 0.15) is 0 Å². The van der Waals surface area contributed by atoms with Crippen molar-refractivity contribution in [3.8, 4) is 0 Å². The van der Waals surface area contributed by atoms with Gasteiger partial charge in [-0.25, -0.2) is 0 Å². The average molecular weight is 257 g/mol. The van der Waals surface area contributed by atoms with Crippen LogP contribution in [0.3, 0.4) is 0 Å². The smallest absolute Gasteiger partial charge is 0.316 e. The van der Waals surface area contributed by atoms with Gasteiger partial charge in [0.05, 0.1) is 0 Å². The van der Waals surface area contributed by atoms with Crippen molar-refractivity contribution in [2.75, 3.05) is 0 Å². The summed E-state index contributed by atoms with van der Waals surface area (Å²) in [4.78, 5) is 25.1. The molecule has 3 N–H and O–H groups in total. The zero-order chi connectivity index (χ0) is 10.7. The van der Waals surface area contributed by atoms with Crippen LogP contribution in [0.1, 0.15) is 0 Å². The predicted molar refractivity (Wildman–Crippen MR) is 43.4 cm³/mol. The fraction of sp³-hybridized carbons (Fsp3) is 0. The summed E-state index contributed by atoms with van der Waals surface area (Å²) in [6.07, 6.45) is 0. The molecular weight excluding hydrogens is 250 g/mol. The Morgan fingerprint density at radius 1 is 0.714 bits per heavy atom. The molecule has 14 heteroatoms. The maximum absolute atomic E-state index is 8.36. The second kappa shape index (κ2) is 22.9.